The minimum atomic E-state index is 0. The summed E-state index contributed by atoms with van der Waals surface area (Å²) in [6, 6.07) is 35.8. The van der Waals surface area contributed by atoms with Gasteiger partial charge in [-0.25, -0.2) is 0 Å². The third-order valence-electron chi connectivity index (χ3n) is 3.38. The van der Waals surface area contributed by atoms with Crippen LogP contribution in [0.15, 0.2) is 103 Å². The van der Waals surface area contributed by atoms with Gasteiger partial charge in [0.1, 0.15) is 9.52 Å². The molecule has 0 fully saturated rings. The Balaban J connectivity index is 0.000000430. The van der Waals surface area contributed by atoms with Crippen molar-refractivity contribution in [3.05, 3.63) is 103 Å². The van der Waals surface area contributed by atoms with E-state index in [0.29, 0.717) is 0 Å². The summed E-state index contributed by atoms with van der Waals surface area (Å²) in [7, 11) is 0.777. The zero-order chi connectivity index (χ0) is 15.0. The maximum atomic E-state index is 2.17. The van der Waals surface area contributed by atoms with E-state index in [1.165, 1.54) is 21.1 Å². The topological polar surface area (TPSA) is 0 Å². The Morgan fingerprint density at radius 1 is 0.560 bits per heavy atom. The zero-order valence-electron chi connectivity index (χ0n) is 13.6. The fourth-order valence-electron chi connectivity index (χ4n) is 2.28. The summed E-state index contributed by atoms with van der Waals surface area (Å²) in [4.78, 5) is 0. The van der Waals surface area contributed by atoms with Crippen molar-refractivity contribution in [1.29, 1.82) is 0 Å². The molecule has 0 amide bonds. The average Bonchev–Trinajstić information content (AvgIpc) is 3.06. The first-order chi connectivity index (χ1) is 10.9. The van der Waals surface area contributed by atoms with E-state index in [9.17, 15) is 0 Å². The van der Waals surface area contributed by atoms with Crippen LogP contribution in [-0.2, 0) is 26.2 Å². The summed E-state index contributed by atoms with van der Waals surface area (Å²) in [5.74, 6) is 0. The first-order valence-corrected chi connectivity index (χ1v) is 8.39. The number of hydrogen-bond acceptors (Lipinski definition) is 0. The van der Waals surface area contributed by atoms with Gasteiger partial charge in [0.2, 0.25) is 0 Å². The molecule has 0 spiro atoms. The van der Waals surface area contributed by atoms with Gasteiger partial charge in [0, 0.05) is 0 Å². The molecule has 3 radical (unpaired) electrons. The predicted molar refractivity (Wildman–Crippen MR) is 97.4 cm³/mol. The van der Waals surface area contributed by atoms with E-state index < -0.39 is 0 Å². The normalized spacial score (nSPS) is 8.80. The van der Waals surface area contributed by atoms with E-state index in [1.54, 1.807) is 0 Å². The summed E-state index contributed by atoms with van der Waals surface area (Å²) < 4.78 is 0. The molecule has 0 aliphatic heterocycles. The van der Waals surface area contributed by atoms with Gasteiger partial charge >= 0.3 is 26.2 Å². The molecular weight excluding hydrogens is 442 g/mol. The first-order valence-electron chi connectivity index (χ1n) is 7.39. The summed E-state index contributed by atoms with van der Waals surface area (Å²) in [6.07, 6.45) is 0. The molecule has 4 heteroatoms. The van der Waals surface area contributed by atoms with Crippen molar-refractivity contribution in [3.63, 3.8) is 0 Å². The number of hydrogen-bond donors (Lipinski definition) is 0. The molecule has 0 saturated heterocycles. The van der Waals surface area contributed by atoms with Crippen molar-refractivity contribution in [2.24, 2.45) is 0 Å². The van der Waals surface area contributed by atoms with Crippen LogP contribution >= 0.6 is 0 Å². The fraction of sp³-hybridized carbons (Fsp3) is 0. The van der Waals surface area contributed by atoms with Crippen molar-refractivity contribution in [2.75, 3.05) is 0 Å². The number of benzene rings is 3. The number of halogens is 2. The molecule has 0 nitrogen and oxygen atoms in total. The van der Waals surface area contributed by atoms with Gasteiger partial charge < -0.3 is 24.8 Å². The smallest absolute Gasteiger partial charge is 1.00 e. The van der Waals surface area contributed by atoms with Crippen molar-refractivity contribution in [2.45, 2.75) is 0 Å². The largest absolute Gasteiger partial charge is 3.00 e. The molecule has 0 heterocycles. The molecule has 0 saturated carbocycles. The maximum absolute atomic E-state index is 2.17. The SMILES string of the molecule is [Cl-].[Cl-].[Zr+3].c1ccc([Si]c2ccccc2)cc1.c1ccc2[cH-]ccc2c1. The molecular formula is C21H17Cl2SiZr. The molecule has 0 atom stereocenters. The third-order valence-corrected chi connectivity index (χ3v) is 4.63. The van der Waals surface area contributed by atoms with Crippen LogP contribution in [0.2, 0.25) is 0 Å². The molecule has 0 unspecified atom stereocenters. The standard InChI is InChI=1S/C12H10Si.C9H7.2ClH.Zr/c1-3-7-11(8-4-1)13-12-9-5-2-6-10-12;1-2-5-9-7-3-6-8(9)4-1;;;/h1-10H;1-7H;2*1H;/q;-1;;;+3/p-2. The Kier molecular flexibility index (Phi) is 12.6. The molecule has 0 N–H and O–H groups in total. The zero-order valence-corrected chi connectivity index (χ0v) is 18.5. The quantitative estimate of drug-likeness (QED) is 0.238. The van der Waals surface area contributed by atoms with Gasteiger partial charge in [0.25, 0.3) is 0 Å². The minimum absolute atomic E-state index is 0. The van der Waals surface area contributed by atoms with Crippen molar-refractivity contribution < 1.29 is 51.0 Å². The Morgan fingerprint density at radius 3 is 1.56 bits per heavy atom. The second-order valence-electron chi connectivity index (χ2n) is 5.01. The molecule has 0 aromatic heterocycles. The van der Waals surface area contributed by atoms with E-state index >= 15 is 0 Å². The van der Waals surface area contributed by atoms with Crippen molar-refractivity contribution in [1.82, 2.24) is 0 Å². The number of fused-ring (bicyclic) bond motifs is 1. The Labute approximate surface area is 183 Å². The predicted octanol–water partition coefficient (Wildman–Crippen LogP) is -2.09. The van der Waals surface area contributed by atoms with Crippen molar-refractivity contribution in [3.8, 4) is 0 Å². The van der Waals surface area contributed by atoms with Gasteiger partial charge in [-0.2, -0.15) is 17.5 Å². The molecule has 25 heavy (non-hydrogen) atoms. The second-order valence-corrected chi connectivity index (χ2v) is 6.42. The Hall–Kier alpha value is -1.05. The summed E-state index contributed by atoms with van der Waals surface area (Å²) in [6.45, 7) is 0. The third kappa shape index (κ3) is 7.79. The Morgan fingerprint density at radius 2 is 1.04 bits per heavy atom. The molecule has 0 bridgehead atoms. The average molecular weight is 460 g/mol. The fourth-order valence-corrected chi connectivity index (χ4v) is 3.33. The van der Waals surface area contributed by atoms with E-state index in [2.05, 4.69) is 103 Å². The molecule has 123 valence electrons. The van der Waals surface area contributed by atoms with Crippen molar-refractivity contribution >= 4 is 30.7 Å². The van der Waals surface area contributed by atoms with E-state index in [1.807, 2.05) is 0 Å². The van der Waals surface area contributed by atoms with Gasteiger partial charge in [-0.15, -0.1) is 29.7 Å². The van der Waals surface area contributed by atoms with E-state index in [0.717, 1.165) is 9.52 Å². The number of rotatable bonds is 2. The molecule has 4 rings (SSSR count). The second kappa shape index (κ2) is 13.2. The summed E-state index contributed by atoms with van der Waals surface area (Å²) in [5, 5.41) is 5.46. The summed E-state index contributed by atoms with van der Waals surface area (Å²) in [5.41, 5.74) is 0. The van der Waals surface area contributed by atoms with E-state index in [4.69, 9.17) is 0 Å². The van der Waals surface area contributed by atoms with Crippen LogP contribution in [-0.4, -0.2) is 9.52 Å². The molecule has 4 aromatic carbocycles. The van der Waals surface area contributed by atoms with Gasteiger partial charge in [-0.05, 0) is 0 Å². The van der Waals surface area contributed by atoms with Crippen LogP contribution in [0, 0.1) is 0 Å². The molecule has 4 aromatic rings. The van der Waals surface area contributed by atoms with Crippen LogP contribution in [0.5, 0.6) is 0 Å². The minimum Gasteiger partial charge on any atom is -1.00 e. The van der Waals surface area contributed by atoms with Gasteiger partial charge in [0.15, 0.2) is 0 Å². The molecule has 0 aliphatic carbocycles. The summed E-state index contributed by atoms with van der Waals surface area (Å²) >= 11 is 0. The van der Waals surface area contributed by atoms with Crippen LogP contribution in [0.3, 0.4) is 0 Å². The van der Waals surface area contributed by atoms with Crippen LogP contribution in [0.4, 0.5) is 0 Å². The Bertz CT molecular complexity index is 749. The van der Waals surface area contributed by atoms with E-state index in [-0.39, 0.29) is 51.0 Å². The monoisotopic (exact) mass is 457 g/mol. The van der Waals surface area contributed by atoms with Gasteiger partial charge in [-0.1, -0.05) is 77.1 Å². The van der Waals surface area contributed by atoms with Crippen LogP contribution < -0.4 is 35.2 Å². The van der Waals surface area contributed by atoms with Crippen LogP contribution in [0.25, 0.3) is 10.8 Å². The van der Waals surface area contributed by atoms with Gasteiger partial charge in [-0.3, -0.25) is 0 Å². The van der Waals surface area contributed by atoms with Crippen LogP contribution in [0.1, 0.15) is 0 Å². The maximum Gasteiger partial charge on any atom is 3.00 e. The molecule has 0 aliphatic rings. The first kappa shape index (κ1) is 23.9. The van der Waals surface area contributed by atoms with Gasteiger partial charge in [0.05, 0.1) is 0 Å².